The van der Waals surface area contributed by atoms with Crippen LogP contribution in [0.15, 0.2) is 23.2 Å². The quantitative estimate of drug-likeness (QED) is 0.409. The molecule has 23 heavy (non-hydrogen) atoms. The van der Waals surface area contributed by atoms with Crippen LogP contribution in [0.1, 0.15) is 19.8 Å². The van der Waals surface area contributed by atoms with E-state index in [0.29, 0.717) is 18.3 Å². The normalized spacial score (nSPS) is 17.3. The molecule has 0 saturated carbocycles. The number of hydrogen-bond donors (Lipinski definition) is 2. The molecule has 0 bridgehead atoms. The molecule has 130 valence electrons. The number of methoxy groups -OCH3 is 1. The molecule has 1 fully saturated rings. The van der Waals surface area contributed by atoms with Crippen molar-refractivity contribution in [3.63, 3.8) is 0 Å². The fraction of sp³-hybridized carbons (Fsp3) is 0.562. The van der Waals surface area contributed by atoms with Crippen LogP contribution in [0.3, 0.4) is 0 Å². The fourth-order valence-corrected chi connectivity index (χ4v) is 2.35. The van der Waals surface area contributed by atoms with Gasteiger partial charge in [-0.25, -0.2) is 0 Å². The maximum absolute atomic E-state index is 5.60. The van der Waals surface area contributed by atoms with Crippen LogP contribution < -0.4 is 20.1 Å². The first kappa shape index (κ1) is 19.8. The SMILES string of the molecule is CCOc1cc(NC(=NC)NCC2CCCO2)ccc1OC.I. The second-order valence-electron chi connectivity index (χ2n) is 5.01. The Balaban J connectivity index is 0.00000264. The average Bonchev–Trinajstić information content (AvgIpc) is 3.05. The maximum Gasteiger partial charge on any atom is 0.195 e. The smallest absolute Gasteiger partial charge is 0.195 e. The van der Waals surface area contributed by atoms with Crippen molar-refractivity contribution >= 4 is 35.6 Å². The van der Waals surface area contributed by atoms with Crippen LogP contribution in [0, 0.1) is 0 Å². The third-order valence-corrected chi connectivity index (χ3v) is 3.47. The van der Waals surface area contributed by atoms with Gasteiger partial charge >= 0.3 is 0 Å². The number of nitrogens with zero attached hydrogens (tertiary/aromatic N) is 1. The summed E-state index contributed by atoms with van der Waals surface area (Å²) in [4.78, 5) is 4.23. The Bertz CT molecular complexity index is 505. The van der Waals surface area contributed by atoms with E-state index in [-0.39, 0.29) is 30.1 Å². The molecular formula is C16H26IN3O3. The first-order chi connectivity index (χ1) is 10.8. The van der Waals surface area contributed by atoms with Crippen molar-refractivity contribution in [2.45, 2.75) is 25.9 Å². The lowest BCUT2D eigenvalue weighted by atomic mass is 10.2. The molecule has 0 aliphatic carbocycles. The number of benzene rings is 1. The summed E-state index contributed by atoms with van der Waals surface area (Å²) in [6, 6.07) is 5.71. The summed E-state index contributed by atoms with van der Waals surface area (Å²) in [5, 5.41) is 6.53. The highest BCUT2D eigenvalue weighted by Gasteiger charge is 2.15. The van der Waals surface area contributed by atoms with Crippen molar-refractivity contribution in [3.8, 4) is 11.5 Å². The fourth-order valence-electron chi connectivity index (χ4n) is 2.35. The van der Waals surface area contributed by atoms with E-state index in [9.17, 15) is 0 Å². The molecule has 0 aromatic heterocycles. The van der Waals surface area contributed by atoms with Crippen molar-refractivity contribution in [1.29, 1.82) is 0 Å². The van der Waals surface area contributed by atoms with Crippen LogP contribution in [-0.2, 0) is 4.74 Å². The number of nitrogens with one attached hydrogen (secondary N) is 2. The van der Waals surface area contributed by atoms with Gasteiger partial charge in [0.1, 0.15) is 0 Å². The summed E-state index contributed by atoms with van der Waals surface area (Å²) in [7, 11) is 3.38. The standard InChI is InChI=1S/C16H25N3O3.HI/c1-4-21-15-10-12(7-8-14(15)20-3)19-16(17-2)18-11-13-6-5-9-22-13;/h7-8,10,13H,4-6,9,11H2,1-3H3,(H2,17,18,19);1H. The summed E-state index contributed by atoms with van der Waals surface area (Å²) in [6.07, 6.45) is 2.50. The van der Waals surface area contributed by atoms with Crippen LogP contribution in [0.2, 0.25) is 0 Å². The summed E-state index contributed by atoms with van der Waals surface area (Å²) < 4.78 is 16.5. The lowest BCUT2D eigenvalue weighted by Crippen LogP contribution is -2.36. The minimum atomic E-state index is 0. The predicted molar refractivity (Wildman–Crippen MR) is 104 cm³/mol. The molecular weight excluding hydrogens is 409 g/mol. The van der Waals surface area contributed by atoms with Gasteiger partial charge in [-0.2, -0.15) is 0 Å². The van der Waals surface area contributed by atoms with E-state index < -0.39 is 0 Å². The number of halogens is 1. The summed E-state index contributed by atoms with van der Waals surface area (Å²) in [5.41, 5.74) is 0.893. The number of ether oxygens (including phenoxy) is 3. The average molecular weight is 435 g/mol. The molecule has 1 atom stereocenters. The molecule has 1 aromatic rings. The first-order valence-corrected chi connectivity index (χ1v) is 7.67. The first-order valence-electron chi connectivity index (χ1n) is 7.67. The summed E-state index contributed by atoms with van der Waals surface area (Å²) in [6.45, 7) is 4.15. The maximum atomic E-state index is 5.60. The van der Waals surface area contributed by atoms with Crippen molar-refractivity contribution in [1.82, 2.24) is 5.32 Å². The highest BCUT2D eigenvalue weighted by atomic mass is 127. The van der Waals surface area contributed by atoms with E-state index in [1.807, 2.05) is 25.1 Å². The van der Waals surface area contributed by atoms with Crippen molar-refractivity contribution in [2.24, 2.45) is 4.99 Å². The van der Waals surface area contributed by atoms with E-state index in [1.54, 1.807) is 14.2 Å². The molecule has 1 aliphatic heterocycles. The van der Waals surface area contributed by atoms with Crippen LogP contribution in [-0.4, -0.2) is 46.0 Å². The Morgan fingerprint density at radius 1 is 1.39 bits per heavy atom. The number of anilines is 1. The molecule has 0 amide bonds. The Morgan fingerprint density at radius 3 is 2.83 bits per heavy atom. The second kappa shape index (κ2) is 10.5. The molecule has 1 aromatic carbocycles. The molecule has 6 nitrogen and oxygen atoms in total. The third-order valence-electron chi connectivity index (χ3n) is 3.47. The molecule has 1 aliphatic rings. The predicted octanol–water partition coefficient (Wildman–Crippen LogP) is 2.88. The van der Waals surface area contributed by atoms with E-state index in [2.05, 4.69) is 15.6 Å². The molecule has 0 spiro atoms. The molecule has 1 heterocycles. The molecule has 1 saturated heterocycles. The van der Waals surface area contributed by atoms with E-state index in [1.165, 1.54) is 0 Å². The minimum Gasteiger partial charge on any atom is -0.493 e. The van der Waals surface area contributed by atoms with Gasteiger partial charge in [-0.05, 0) is 31.9 Å². The van der Waals surface area contributed by atoms with Crippen molar-refractivity contribution in [2.75, 3.05) is 39.2 Å². The van der Waals surface area contributed by atoms with Crippen LogP contribution >= 0.6 is 24.0 Å². The van der Waals surface area contributed by atoms with Crippen LogP contribution in [0.5, 0.6) is 11.5 Å². The Morgan fingerprint density at radius 2 is 2.22 bits per heavy atom. The number of hydrogen-bond acceptors (Lipinski definition) is 4. The van der Waals surface area contributed by atoms with Gasteiger partial charge < -0.3 is 24.8 Å². The molecule has 2 N–H and O–H groups in total. The molecule has 2 rings (SSSR count). The van der Waals surface area contributed by atoms with E-state index in [4.69, 9.17) is 14.2 Å². The zero-order valence-electron chi connectivity index (χ0n) is 13.9. The van der Waals surface area contributed by atoms with Gasteiger partial charge in [0.05, 0.1) is 19.8 Å². The highest BCUT2D eigenvalue weighted by molar-refractivity contribution is 14.0. The van der Waals surface area contributed by atoms with Gasteiger partial charge in [0, 0.05) is 32.0 Å². The lowest BCUT2D eigenvalue weighted by Gasteiger charge is -2.16. The Kier molecular flexibility index (Phi) is 9.08. The second-order valence-corrected chi connectivity index (χ2v) is 5.01. The summed E-state index contributed by atoms with van der Waals surface area (Å²) in [5.74, 6) is 2.14. The zero-order chi connectivity index (χ0) is 15.8. The Labute approximate surface area is 155 Å². The van der Waals surface area contributed by atoms with Gasteiger partial charge in [0.25, 0.3) is 0 Å². The molecule has 7 heteroatoms. The zero-order valence-corrected chi connectivity index (χ0v) is 16.3. The number of guanidine groups is 1. The molecule has 1 unspecified atom stereocenters. The highest BCUT2D eigenvalue weighted by Crippen LogP contribution is 2.30. The van der Waals surface area contributed by atoms with Gasteiger partial charge in [-0.1, -0.05) is 0 Å². The molecule has 0 radical (unpaired) electrons. The largest absolute Gasteiger partial charge is 0.493 e. The number of rotatable bonds is 6. The van der Waals surface area contributed by atoms with Crippen molar-refractivity contribution < 1.29 is 14.2 Å². The number of aliphatic imine (C=N–C) groups is 1. The topological polar surface area (TPSA) is 64.1 Å². The van der Waals surface area contributed by atoms with Crippen LogP contribution in [0.4, 0.5) is 5.69 Å². The van der Waals surface area contributed by atoms with Gasteiger partial charge in [0.2, 0.25) is 0 Å². The monoisotopic (exact) mass is 435 g/mol. The summed E-state index contributed by atoms with van der Waals surface area (Å²) >= 11 is 0. The van der Waals surface area contributed by atoms with E-state index in [0.717, 1.165) is 37.4 Å². The Hall–Kier alpha value is -1.22. The van der Waals surface area contributed by atoms with Gasteiger partial charge in [-0.3, -0.25) is 4.99 Å². The van der Waals surface area contributed by atoms with Crippen LogP contribution in [0.25, 0.3) is 0 Å². The van der Waals surface area contributed by atoms with E-state index >= 15 is 0 Å². The third kappa shape index (κ3) is 6.06. The van der Waals surface area contributed by atoms with Crippen molar-refractivity contribution in [3.05, 3.63) is 18.2 Å². The lowest BCUT2D eigenvalue weighted by molar-refractivity contribution is 0.114. The van der Waals surface area contributed by atoms with Gasteiger partial charge in [0.15, 0.2) is 17.5 Å². The minimum absolute atomic E-state index is 0. The van der Waals surface area contributed by atoms with Gasteiger partial charge in [-0.15, -0.1) is 24.0 Å².